The number of phenolic OH excluding ortho intramolecular Hbond substituents is 1. The van der Waals surface area contributed by atoms with Crippen LogP contribution in [0, 0.1) is 12.3 Å². The molecule has 0 saturated heterocycles. The molecule has 0 radical (unpaired) electrons. The molecule has 1 heterocycles. The Morgan fingerprint density at radius 3 is 2.45 bits per heavy atom. The Hall–Kier alpha value is -4.19. The molecule has 1 aromatic carbocycles. The Balaban J connectivity index is 2.56. The van der Waals surface area contributed by atoms with Crippen LogP contribution in [0.1, 0.15) is 35.8 Å². The molecule has 2 N–H and O–H groups in total. The van der Waals surface area contributed by atoms with Crippen LogP contribution in [-0.2, 0) is 25.5 Å². The SMILES string of the molecule is C#Cc1c(O)ccc2c(C(=O)CC(=C/CC)/C=C(OC)\C(=C\OC)OC)nn(CC(=O)O)c12. The minimum absolute atomic E-state index is 0.0455. The van der Waals surface area contributed by atoms with Gasteiger partial charge in [-0.25, -0.2) is 0 Å². The first-order chi connectivity index (χ1) is 15.8. The zero-order valence-electron chi connectivity index (χ0n) is 18.9. The molecule has 1 aromatic heterocycles. The minimum atomic E-state index is -1.17. The Morgan fingerprint density at radius 1 is 1.21 bits per heavy atom. The van der Waals surface area contributed by atoms with Gasteiger partial charge < -0.3 is 24.4 Å². The number of hydrogen-bond donors (Lipinski definition) is 2. The largest absolute Gasteiger partial charge is 0.507 e. The maximum absolute atomic E-state index is 13.2. The number of fused-ring (bicyclic) bond motifs is 1. The van der Waals surface area contributed by atoms with Gasteiger partial charge in [0.05, 0.1) is 32.4 Å². The molecular weight excluding hydrogens is 428 g/mol. The van der Waals surface area contributed by atoms with E-state index in [1.807, 2.05) is 13.0 Å². The molecule has 0 aliphatic heterocycles. The highest BCUT2D eigenvalue weighted by molar-refractivity contribution is 6.08. The van der Waals surface area contributed by atoms with Crippen molar-refractivity contribution in [1.29, 1.82) is 0 Å². The predicted molar refractivity (Wildman–Crippen MR) is 121 cm³/mol. The molecule has 2 aromatic rings. The number of aromatic nitrogens is 2. The number of aliphatic carboxylic acids is 1. The van der Waals surface area contributed by atoms with Crippen molar-refractivity contribution in [1.82, 2.24) is 9.78 Å². The summed E-state index contributed by atoms with van der Waals surface area (Å²) in [5.74, 6) is 1.30. The molecule has 0 saturated carbocycles. The number of carboxylic acid groups (broad SMARTS) is 1. The molecule has 0 atom stereocenters. The van der Waals surface area contributed by atoms with E-state index in [1.54, 1.807) is 6.08 Å². The Labute approximate surface area is 191 Å². The van der Waals surface area contributed by atoms with Gasteiger partial charge in [-0.2, -0.15) is 5.10 Å². The van der Waals surface area contributed by atoms with Crippen LogP contribution in [0.3, 0.4) is 0 Å². The number of aromatic hydroxyl groups is 1. The van der Waals surface area contributed by atoms with E-state index in [4.69, 9.17) is 20.6 Å². The number of hydrogen-bond acceptors (Lipinski definition) is 7. The topological polar surface area (TPSA) is 120 Å². The van der Waals surface area contributed by atoms with E-state index in [-0.39, 0.29) is 34.7 Å². The summed E-state index contributed by atoms with van der Waals surface area (Å²) >= 11 is 0. The number of nitrogens with zero attached hydrogens (tertiary/aromatic N) is 2. The van der Waals surface area contributed by atoms with Gasteiger partial charge >= 0.3 is 5.97 Å². The zero-order valence-corrected chi connectivity index (χ0v) is 18.9. The van der Waals surface area contributed by atoms with Crippen LogP contribution >= 0.6 is 0 Å². The van der Waals surface area contributed by atoms with Crippen LogP contribution < -0.4 is 0 Å². The first-order valence-corrected chi connectivity index (χ1v) is 9.97. The van der Waals surface area contributed by atoms with E-state index in [2.05, 4.69) is 11.0 Å². The van der Waals surface area contributed by atoms with Crippen molar-refractivity contribution in [3.8, 4) is 18.1 Å². The third-order valence-corrected chi connectivity index (χ3v) is 4.64. The Kier molecular flexibility index (Phi) is 8.69. The quantitative estimate of drug-likeness (QED) is 0.229. The second-order valence-electron chi connectivity index (χ2n) is 6.82. The molecule has 0 aliphatic rings. The summed E-state index contributed by atoms with van der Waals surface area (Å²) in [6.45, 7) is 1.40. The van der Waals surface area contributed by atoms with Gasteiger partial charge in [-0.15, -0.1) is 6.42 Å². The van der Waals surface area contributed by atoms with Crippen molar-refractivity contribution in [2.45, 2.75) is 26.3 Å². The van der Waals surface area contributed by atoms with Gasteiger partial charge in [-0.1, -0.05) is 18.9 Å². The number of ketones is 1. The fourth-order valence-corrected chi connectivity index (χ4v) is 3.28. The van der Waals surface area contributed by atoms with E-state index in [1.165, 1.54) is 39.7 Å². The summed E-state index contributed by atoms with van der Waals surface area (Å²) in [7, 11) is 4.40. The van der Waals surface area contributed by atoms with Gasteiger partial charge in [0.15, 0.2) is 17.3 Å². The first-order valence-electron chi connectivity index (χ1n) is 9.97. The van der Waals surface area contributed by atoms with Crippen LogP contribution in [0.5, 0.6) is 5.75 Å². The van der Waals surface area contributed by atoms with Gasteiger partial charge in [-0.3, -0.25) is 14.3 Å². The van der Waals surface area contributed by atoms with Gasteiger partial charge in [0.1, 0.15) is 24.3 Å². The standard InChI is InChI=1S/C24H26N2O7/c1-6-8-15(12-20(32-4)21(33-5)14-31-3)11-19(28)23-17-9-10-18(27)16(7-2)24(17)26(25-23)13-22(29)30/h2,8-10,12,14,27H,6,11,13H2,1,3-5H3,(H,29,30)/b15-8-,20-12+,21-14-. The normalized spacial score (nSPS) is 12.4. The number of rotatable bonds is 11. The number of phenols is 1. The summed E-state index contributed by atoms with van der Waals surface area (Å²) in [5, 5.41) is 23.9. The molecule has 0 unspecified atom stereocenters. The summed E-state index contributed by atoms with van der Waals surface area (Å²) in [5.41, 5.74) is 0.967. The lowest BCUT2D eigenvalue weighted by Crippen LogP contribution is -2.12. The van der Waals surface area contributed by atoms with E-state index >= 15 is 0 Å². The molecule has 0 fully saturated rings. The highest BCUT2D eigenvalue weighted by Crippen LogP contribution is 2.30. The van der Waals surface area contributed by atoms with E-state index in [0.717, 1.165) is 4.68 Å². The number of Topliss-reactive ketones (excluding diaryl/α,β-unsaturated/α-hetero) is 1. The molecule has 9 heteroatoms. The second kappa shape index (κ2) is 11.4. The van der Waals surface area contributed by atoms with Crippen molar-refractivity contribution >= 4 is 22.7 Å². The molecule has 2 rings (SSSR count). The van der Waals surface area contributed by atoms with Gasteiger partial charge in [-0.05, 0) is 30.2 Å². The number of benzene rings is 1. The van der Waals surface area contributed by atoms with Crippen molar-refractivity contribution in [3.05, 3.63) is 58.9 Å². The lowest BCUT2D eigenvalue weighted by molar-refractivity contribution is -0.137. The van der Waals surface area contributed by atoms with Crippen molar-refractivity contribution in [2.75, 3.05) is 21.3 Å². The number of carboxylic acids is 1. The smallest absolute Gasteiger partial charge is 0.325 e. The van der Waals surface area contributed by atoms with Gasteiger partial charge in [0.25, 0.3) is 0 Å². The lowest BCUT2D eigenvalue weighted by Gasteiger charge is -2.10. The molecule has 0 amide bonds. The number of carbonyl (C=O) groups is 2. The minimum Gasteiger partial charge on any atom is -0.507 e. The molecule has 174 valence electrons. The highest BCUT2D eigenvalue weighted by Gasteiger charge is 2.22. The van der Waals surface area contributed by atoms with Crippen LogP contribution in [0.25, 0.3) is 10.9 Å². The van der Waals surface area contributed by atoms with Crippen LogP contribution in [0.15, 0.2) is 47.6 Å². The highest BCUT2D eigenvalue weighted by atomic mass is 16.5. The van der Waals surface area contributed by atoms with Crippen molar-refractivity contribution < 1.29 is 34.0 Å². The van der Waals surface area contributed by atoms with Gasteiger partial charge in [0, 0.05) is 11.8 Å². The van der Waals surface area contributed by atoms with Gasteiger partial charge in [0.2, 0.25) is 0 Å². The zero-order chi connectivity index (χ0) is 24.5. The fourth-order valence-electron chi connectivity index (χ4n) is 3.28. The summed E-state index contributed by atoms with van der Waals surface area (Å²) in [6, 6.07) is 2.85. The monoisotopic (exact) mass is 454 g/mol. The van der Waals surface area contributed by atoms with Crippen molar-refractivity contribution in [2.24, 2.45) is 0 Å². The number of ether oxygens (including phenoxy) is 3. The molecule has 0 aliphatic carbocycles. The molecule has 0 bridgehead atoms. The number of methoxy groups -OCH3 is 3. The van der Waals surface area contributed by atoms with Crippen LogP contribution in [-0.4, -0.2) is 53.1 Å². The third kappa shape index (κ3) is 5.74. The molecule has 33 heavy (non-hydrogen) atoms. The maximum atomic E-state index is 13.2. The molecular formula is C24H26N2O7. The average molecular weight is 454 g/mol. The number of allylic oxidation sites excluding steroid dienone is 3. The second-order valence-corrected chi connectivity index (χ2v) is 6.82. The fraction of sp³-hybridized carbons (Fsp3) is 0.292. The van der Waals surface area contributed by atoms with Crippen LogP contribution in [0.2, 0.25) is 0 Å². The number of carbonyl (C=O) groups excluding carboxylic acids is 1. The van der Waals surface area contributed by atoms with E-state index in [0.29, 0.717) is 28.9 Å². The molecule has 0 spiro atoms. The van der Waals surface area contributed by atoms with E-state index < -0.39 is 12.5 Å². The molecule has 9 nitrogen and oxygen atoms in total. The lowest BCUT2D eigenvalue weighted by atomic mass is 10.0. The number of terminal acetylenes is 1. The third-order valence-electron chi connectivity index (χ3n) is 4.64. The Morgan fingerprint density at radius 2 is 1.91 bits per heavy atom. The van der Waals surface area contributed by atoms with Crippen molar-refractivity contribution in [3.63, 3.8) is 0 Å². The average Bonchev–Trinajstić information content (AvgIpc) is 3.13. The maximum Gasteiger partial charge on any atom is 0.325 e. The Bertz CT molecular complexity index is 1180. The predicted octanol–water partition coefficient (Wildman–Crippen LogP) is 3.38. The summed E-state index contributed by atoms with van der Waals surface area (Å²) in [4.78, 5) is 24.6. The summed E-state index contributed by atoms with van der Waals surface area (Å²) < 4.78 is 16.8. The van der Waals surface area contributed by atoms with E-state index in [9.17, 15) is 19.8 Å². The first kappa shape index (κ1) is 25.1. The van der Waals surface area contributed by atoms with Crippen LogP contribution in [0.4, 0.5) is 0 Å². The summed E-state index contributed by atoms with van der Waals surface area (Å²) in [6.07, 6.45) is 11.0.